The highest BCUT2D eigenvalue weighted by molar-refractivity contribution is 7.98. The van der Waals surface area contributed by atoms with E-state index in [0.717, 1.165) is 40.2 Å². The van der Waals surface area contributed by atoms with Gasteiger partial charge in [-0.3, -0.25) is 4.79 Å². The van der Waals surface area contributed by atoms with Gasteiger partial charge in [-0.2, -0.15) is 5.26 Å². The van der Waals surface area contributed by atoms with Crippen LogP contribution >= 0.6 is 11.8 Å². The Morgan fingerprint density at radius 3 is 2.52 bits per heavy atom. The highest BCUT2D eigenvalue weighted by Gasteiger charge is 2.30. The number of thioether (sulfide) groups is 1. The summed E-state index contributed by atoms with van der Waals surface area (Å²) in [6.07, 6.45) is 2.08. The molecule has 0 atom stereocenters. The second-order valence-corrected chi connectivity index (χ2v) is 6.27. The minimum atomic E-state index is 0.269. The van der Waals surface area contributed by atoms with E-state index >= 15 is 0 Å². The molecule has 0 spiro atoms. The molecule has 104 valence electrons. The number of rotatable bonds is 5. The lowest BCUT2D eigenvalue weighted by atomic mass is 10.1. The van der Waals surface area contributed by atoms with Gasteiger partial charge < -0.3 is 0 Å². The second-order valence-electron chi connectivity index (χ2n) is 5.22. The molecule has 1 aliphatic rings. The standard InChI is InChI=1S/C18H15NOS/c19-11-15-3-1-2-4-16(15)12-21-17-9-7-14(8-10-17)18(20)13-5-6-13/h1-4,7-10,13H,5-6,12H2. The van der Waals surface area contributed by atoms with Crippen LogP contribution in [0.15, 0.2) is 53.4 Å². The number of carbonyl (C=O) groups is 1. The van der Waals surface area contributed by atoms with Crippen LogP contribution in [0.3, 0.4) is 0 Å². The summed E-state index contributed by atoms with van der Waals surface area (Å²) in [5, 5.41) is 9.07. The van der Waals surface area contributed by atoms with Crippen LogP contribution in [-0.4, -0.2) is 5.78 Å². The lowest BCUT2D eigenvalue weighted by molar-refractivity contribution is 0.0967. The molecule has 0 amide bonds. The maximum Gasteiger partial charge on any atom is 0.165 e. The number of hydrogen-bond donors (Lipinski definition) is 0. The zero-order valence-electron chi connectivity index (χ0n) is 11.6. The van der Waals surface area contributed by atoms with Gasteiger partial charge in [0.2, 0.25) is 0 Å². The summed E-state index contributed by atoms with van der Waals surface area (Å²) in [5.74, 6) is 1.31. The monoisotopic (exact) mass is 293 g/mol. The normalized spacial score (nSPS) is 13.7. The van der Waals surface area contributed by atoms with Crippen LogP contribution < -0.4 is 0 Å². The van der Waals surface area contributed by atoms with Gasteiger partial charge in [0, 0.05) is 22.1 Å². The summed E-state index contributed by atoms with van der Waals surface area (Å²) in [7, 11) is 0. The first kappa shape index (κ1) is 13.9. The van der Waals surface area contributed by atoms with E-state index in [0.29, 0.717) is 0 Å². The minimum Gasteiger partial charge on any atom is -0.294 e. The van der Waals surface area contributed by atoms with E-state index in [-0.39, 0.29) is 11.7 Å². The van der Waals surface area contributed by atoms with Crippen molar-refractivity contribution < 1.29 is 4.79 Å². The fraction of sp³-hybridized carbons (Fsp3) is 0.222. The number of benzene rings is 2. The molecule has 2 nitrogen and oxygen atoms in total. The Morgan fingerprint density at radius 1 is 1.14 bits per heavy atom. The van der Waals surface area contributed by atoms with Gasteiger partial charge in [-0.05, 0) is 36.6 Å². The summed E-state index contributed by atoms with van der Waals surface area (Å²) < 4.78 is 0. The third-order valence-electron chi connectivity index (χ3n) is 3.62. The topological polar surface area (TPSA) is 40.9 Å². The molecule has 0 N–H and O–H groups in total. The van der Waals surface area contributed by atoms with Gasteiger partial charge in [-0.1, -0.05) is 30.3 Å². The maximum absolute atomic E-state index is 11.9. The fourth-order valence-corrected chi connectivity index (χ4v) is 3.12. The van der Waals surface area contributed by atoms with Crippen molar-refractivity contribution in [3.63, 3.8) is 0 Å². The number of ketones is 1. The minimum absolute atomic E-state index is 0.269. The SMILES string of the molecule is N#Cc1ccccc1CSc1ccc(C(=O)C2CC2)cc1. The summed E-state index contributed by atoms with van der Waals surface area (Å²) in [6.45, 7) is 0. The van der Waals surface area contributed by atoms with E-state index in [4.69, 9.17) is 5.26 Å². The first-order valence-corrected chi connectivity index (χ1v) is 8.01. The Bertz CT molecular complexity index is 696. The van der Waals surface area contributed by atoms with Crippen molar-refractivity contribution in [3.05, 3.63) is 65.2 Å². The Kier molecular flexibility index (Phi) is 4.08. The summed E-state index contributed by atoms with van der Waals surface area (Å²) in [6, 6.07) is 17.7. The molecular formula is C18H15NOS. The molecule has 0 heterocycles. The lowest BCUT2D eigenvalue weighted by Gasteiger charge is -2.05. The third kappa shape index (κ3) is 3.34. The average molecular weight is 293 g/mol. The summed E-state index contributed by atoms with van der Waals surface area (Å²) >= 11 is 1.69. The highest BCUT2D eigenvalue weighted by Crippen LogP contribution is 2.33. The first-order chi connectivity index (χ1) is 10.3. The van der Waals surface area contributed by atoms with Crippen LogP contribution in [0, 0.1) is 17.2 Å². The molecule has 2 aromatic rings. The predicted molar refractivity (Wildman–Crippen MR) is 84.2 cm³/mol. The number of nitriles is 1. The van der Waals surface area contributed by atoms with Crippen molar-refractivity contribution in [2.45, 2.75) is 23.5 Å². The van der Waals surface area contributed by atoms with Crippen molar-refractivity contribution in [2.75, 3.05) is 0 Å². The molecule has 3 rings (SSSR count). The molecule has 0 aliphatic heterocycles. The average Bonchev–Trinajstić information content (AvgIpc) is 3.38. The van der Waals surface area contributed by atoms with Gasteiger partial charge in [0.1, 0.15) is 0 Å². The zero-order chi connectivity index (χ0) is 14.7. The van der Waals surface area contributed by atoms with E-state index in [1.807, 2.05) is 48.5 Å². The van der Waals surface area contributed by atoms with Gasteiger partial charge in [0.05, 0.1) is 11.6 Å². The molecule has 0 bridgehead atoms. The van der Waals surface area contributed by atoms with E-state index in [9.17, 15) is 4.79 Å². The summed E-state index contributed by atoms with van der Waals surface area (Å²) in [5.41, 5.74) is 2.59. The van der Waals surface area contributed by atoms with Gasteiger partial charge in [-0.25, -0.2) is 0 Å². The summed E-state index contributed by atoms with van der Waals surface area (Å²) in [4.78, 5) is 13.1. The Balaban J connectivity index is 1.65. The van der Waals surface area contributed by atoms with Crippen LogP contribution in [0.4, 0.5) is 0 Å². The molecule has 1 saturated carbocycles. The van der Waals surface area contributed by atoms with Gasteiger partial charge in [-0.15, -0.1) is 11.8 Å². The Morgan fingerprint density at radius 2 is 1.86 bits per heavy atom. The maximum atomic E-state index is 11.9. The number of Topliss-reactive ketones (excluding diaryl/α,β-unsaturated/α-hetero) is 1. The molecule has 0 unspecified atom stereocenters. The van der Waals surface area contributed by atoms with Gasteiger partial charge in [0.15, 0.2) is 5.78 Å². The van der Waals surface area contributed by atoms with Crippen molar-refractivity contribution in [1.82, 2.24) is 0 Å². The molecule has 0 saturated heterocycles. The number of nitrogens with zero attached hydrogens (tertiary/aromatic N) is 1. The van der Waals surface area contributed by atoms with Crippen LogP contribution in [0.25, 0.3) is 0 Å². The van der Waals surface area contributed by atoms with Gasteiger partial charge in [0.25, 0.3) is 0 Å². The number of hydrogen-bond acceptors (Lipinski definition) is 3. The van der Waals surface area contributed by atoms with E-state index < -0.39 is 0 Å². The molecule has 1 aliphatic carbocycles. The molecular weight excluding hydrogens is 278 g/mol. The van der Waals surface area contributed by atoms with Crippen LogP contribution in [0.1, 0.15) is 34.3 Å². The van der Waals surface area contributed by atoms with Crippen molar-refractivity contribution in [2.24, 2.45) is 5.92 Å². The predicted octanol–water partition coefficient (Wildman–Crippen LogP) is 4.44. The van der Waals surface area contributed by atoms with Crippen molar-refractivity contribution >= 4 is 17.5 Å². The lowest BCUT2D eigenvalue weighted by Crippen LogP contribution is -2.00. The van der Waals surface area contributed by atoms with E-state index in [2.05, 4.69) is 6.07 Å². The molecule has 2 aromatic carbocycles. The Hall–Kier alpha value is -2.05. The number of carbonyl (C=O) groups excluding carboxylic acids is 1. The smallest absolute Gasteiger partial charge is 0.165 e. The molecule has 0 radical (unpaired) electrons. The fourth-order valence-electron chi connectivity index (χ4n) is 2.21. The quantitative estimate of drug-likeness (QED) is 0.604. The molecule has 0 aromatic heterocycles. The van der Waals surface area contributed by atoms with Gasteiger partial charge >= 0.3 is 0 Å². The zero-order valence-corrected chi connectivity index (χ0v) is 12.4. The first-order valence-electron chi connectivity index (χ1n) is 7.03. The third-order valence-corrected chi connectivity index (χ3v) is 4.68. The van der Waals surface area contributed by atoms with Crippen LogP contribution in [0.5, 0.6) is 0 Å². The van der Waals surface area contributed by atoms with Crippen LogP contribution in [0.2, 0.25) is 0 Å². The second kappa shape index (κ2) is 6.15. The largest absolute Gasteiger partial charge is 0.294 e. The molecule has 1 fully saturated rings. The molecule has 3 heteroatoms. The molecule has 21 heavy (non-hydrogen) atoms. The Labute approximate surface area is 128 Å². The van der Waals surface area contributed by atoms with Crippen molar-refractivity contribution in [1.29, 1.82) is 5.26 Å². The van der Waals surface area contributed by atoms with E-state index in [1.54, 1.807) is 11.8 Å². The van der Waals surface area contributed by atoms with Crippen LogP contribution in [-0.2, 0) is 5.75 Å². The van der Waals surface area contributed by atoms with Crippen molar-refractivity contribution in [3.8, 4) is 6.07 Å². The highest BCUT2D eigenvalue weighted by atomic mass is 32.2. The van der Waals surface area contributed by atoms with E-state index in [1.165, 1.54) is 0 Å².